The minimum absolute atomic E-state index is 0.162. The summed E-state index contributed by atoms with van der Waals surface area (Å²) in [6.45, 7) is 5.01. The number of unbranched alkanes of at least 4 members (excludes halogenated alkanes) is 3. The van der Waals surface area contributed by atoms with Crippen LogP contribution in [0.5, 0.6) is 0 Å². The molecule has 1 unspecified atom stereocenters. The van der Waals surface area contributed by atoms with Crippen molar-refractivity contribution in [3.63, 3.8) is 0 Å². The molecule has 0 heterocycles. The third-order valence-corrected chi connectivity index (χ3v) is 12.7. The summed E-state index contributed by atoms with van der Waals surface area (Å²) >= 11 is 11.3. The molecular formula is C17H25Br3Si. The molecule has 1 aromatic rings. The highest BCUT2D eigenvalue weighted by Crippen LogP contribution is 2.67. The third-order valence-electron chi connectivity index (χ3n) is 4.71. The Morgan fingerprint density at radius 2 is 1.52 bits per heavy atom. The molecule has 21 heavy (non-hydrogen) atoms. The minimum Gasteiger partial charge on any atom is -0.0828 e. The van der Waals surface area contributed by atoms with Gasteiger partial charge in [-0.1, -0.05) is 128 Å². The number of hydrogen-bond acceptors (Lipinski definition) is 0. The van der Waals surface area contributed by atoms with E-state index in [1.807, 2.05) is 0 Å². The van der Waals surface area contributed by atoms with Gasteiger partial charge in [0.15, 0.2) is 0 Å². The summed E-state index contributed by atoms with van der Waals surface area (Å²) in [6, 6.07) is 12.5. The maximum absolute atomic E-state index is 3.86. The molecule has 0 amide bonds. The van der Waals surface area contributed by atoms with E-state index < -0.39 is 8.07 Å². The van der Waals surface area contributed by atoms with Gasteiger partial charge in [-0.3, -0.25) is 0 Å². The normalized spacial score (nSPS) is 24.0. The number of halogens is 3. The summed E-state index contributed by atoms with van der Waals surface area (Å²) in [7, 11) is -1.21. The molecule has 1 aliphatic carbocycles. The summed E-state index contributed by atoms with van der Waals surface area (Å²) in [6.07, 6.45) is 7.91. The van der Waals surface area contributed by atoms with Crippen molar-refractivity contribution in [1.29, 1.82) is 0 Å². The highest BCUT2D eigenvalue weighted by Gasteiger charge is 2.62. The second-order valence-corrected chi connectivity index (χ2v) is 17.1. The molecule has 0 N–H and O–H groups in total. The van der Waals surface area contributed by atoms with Crippen molar-refractivity contribution >= 4 is 61.1 Å². The van der Waals surface area contributed by atoms with Gasteiger partial charge in [-0.2, -0.15) is 0 Å². The van der Waals surface area contributed by atoms with Gasteiger partial charge in [-0.05, 0) is 12.8 Å². The Kier molecular flexibility index (Phi) is 6.24. The smallest absolute Gasteiger partial charge is 0.0828 e. The van der Waals surface area contributed by atoms with Crippen LogP contribution in [0.4, 0.5) is 0 Å². The molecule has 2 rings (SSSR count). The second kappa shape index (κ2) is 7.19. The Morgan fingerprint density at radius 3 is 2.10 bits per heavy atom. The van der Waals surface area contributed by atoms with Crippen molar-refractivity contribution < 1.29 is 0 Å². The lowest BCUT2D eigenvalue weighted by Gasteiger charge is -2.22. The summed E-state index contributed by atoms with van der Waals surface area (Å²) in [5, 5.41) is 1.60. The molecule has 0 saturated heterocycles. The minimum atomic E-state index is -1.21. The maximum Gasteiger partial charge on any atom is 0.0972 e. The fourth-order valence-corrected chi connectivity index (χ4v) is 8.26. The van der Waals surface area contributed by atoms with Crippen LogP contribution in [0, 0.1) is 0 Å². The van der Waals surface area contributed by atoms with Crippen LogP contribution in [0.25, 0.3) is 0 Å². The lowest BCUT2D eigenvalue weighted by atomic mass is 10.1. The van der Waals surface area contributed by atoms with Crippen molar-refractivity contribution in [3.05, 3.63) is 30.3 Å². The lowest BCUT2D eigenvalue weighted by molar-refractivity contribution is 0.617. The zero-order valence-corrected chi connectivity index (χ0v) is 18.7. The van der Waals surface area contributed by atoms with Crippen molar-refractivity contribution in [2.45, 2.75) is 65.2 Å². The van der Waals surface area contributed by atoms with Gasteiger partial charge in [0, 0.05) is 0 Å². The topological polar surface area (TPSA) is 0 Å². The molecule has 4 heteroatoms. The van der Waals surface area contributed by atoms with Crippen molar-refractivity contribution in [3.8, 4) is 0 Å². The first-order valence-corrected chi connectivity index (χ1v) is 13.5. The fourth-order valence-electron chi connectivity index (χ4n) is 2.94. The first-order valence-electron chi connectivity index (χ1n) is 7.89. The SMILES string of the molecule is C[Si](C)(CCCCCCC1(Br)CC1(Br)Br)c1ccccc1. The third kappa shape index (κ3) is 4.92. The van der Waals surface area contributed by atoms with Gasteiger partial charge in [0.2, 0.25) is 0 Å². The Balaban J connectivity index is 1.62. The highest BCUT2D eigenvalue weighted by atomic mass is 79.9. The quantitative estimate of drug-likeness (QED) is 0.217. The van der Waals surface area contributed by atoms with Gasteiger partial charge in [0.1, 0.15) is 0 Å². The van der Waals surface area contributed by atoms with E-state index in [1.54, 1.807) is 5.19 Å². The molecule has 0 spiro atoms. The van der Waals surface area contributed by atoms with Crippen LogP contribution >= 0.6 is 47.8 Å². The van der Waals surface area contributed by atoms with Crippen LogP contribution in [0.3, 0.4) is 0 Å². The molecule has 0 aromatic heterocycles. The average Bonchev–Trinajstić information content (AvgIpc) is 2.93. The molecule has 1 atom stereocenters. The fraction of sp³-hybridized carbons (Fsp3) is 0.647. The lowest BCUT2D eigenvalue weighted by Crippen LogP contribution is -2.40. The Labute approximate surface area is 155 Å². The molecule has 0 nitrogen and oxygen atoms in total. The summed E-state index contributed by atoms with van der Waals surface area (Å²) in [5.74, 6) is 0. The summed E-state index contributed by atoms with van der Waals surface area (Å²) in [5.41, 5.74) is 0. The Bertz CT molecular complexity index is 458. The molecule has 0 bridgehead atoms. The number of hydrogen-bond donors (Lipinski definition) is 0. The van der Waals surface area contributed by atoms with Crippen LogP contribution in [0.2, 0.25) is 19.1 Å². The van der Waals surface area contributed by atoms with Gasteiger partial charge >= 0.3 is 0 Å². The largest absolute Gasteiger partial charge is 0.0972 e. The maximum atomic E-state index is 3.86. The number of rotatable bonds is 8. The van der Waals surface area contributed by atoms with E-state index in [4.69, 9.17) is 0 Å². The van der Waals surface area contributed by atoms with Crippen LogP contribution < -0.4 is 5.19 Å². The zero-order chi connectivity index (χ0) is 15.6. The van der Waals surface area contributed by atoms with Crippen LogP contribution in [0.15, 0.2) is 30.3 Å². The first kappa shape index (κ1) is 18.2. The molecule has 1 aliphatic rings. The van der Waals surface area contributed by atoms with Gasteiger partial charge in [-0.15, -0.1) is 0 Å². The van der Waals surface area contributed by atoms with Crippen LogP contribution in [0.1, 0.15) is 38.5 Å². The van der Waals surface area contributed by atoms with E-state index >= 15 is 0 Å². The first-order chi connectivity index (χ1) is 9.77. The second-order valence-electron chi connectivity index (χ2n) is 7.01. The van der Waals surface area contributed by atoms with E-state index in [2.05, 4.69) is 91.2 Å². The van der Waals surface area contributed by atoms with E-state index in [9.17, 15) is 0 Å². The van der Waals surface area contributed by atoms with Gasteiger partial charge in [-0.25, -0.2) is 0 Å². The van der Waals surface area contributed by atoms with E-state index in [0.29, 0.717) is 4.32 Å². The average molecular weight is 497 g/mol. The predicted octanol–water partition coefficient (Wildman–Crippen LogP) is 6.58. The van der Waals surface area contributed by atoms with E-state index in [-0.39, 0.29) is 3.23 Å². The van der Waals surface area contributed by atoms with E-state index in [1.165, 1.54) is 44.6 Å². The molecule has 1 saturated carbocycles. The summed E-state index contributed by atoms with van der Waals surface area (Å²) in [4.78, 5) is 0. The molecular weight excluding hydrogens is 472 g/mol. The molecule has 1 aromatic carbocycles. The van der Waals surface area contributed by atoms with Crippen molar-refractivity contribution in [2.75, 3.05) is 0 Å². The molecule has 0 aliphatic heterocycles. The van der Waals surface area contributed by atoms with E-state index in [0.717, 1.165) is 0 Å². The Morgan fingerprint density at radius 1 is 0.952 bits per heavy atom. The van der Waals surface area contributed by atoms with Crippen LogP contribution in [-0.4, -0.2) is 15.6 Å². The number of benzene rings is 1. The molecule has 1 fully saturated rings. The zero-order valence-electron chi connectivity index (χ0n) is 13.0. The molecule has 118 valence electrons. The van der Waals surface area contributed by atoms with Gasteiger partial charge < -0.3 is 0 Å². The van der Waals surface area contributed by atoms with Crippen LogP contribution in [-0.2, 0) is 0 Å². The standard InChI is InChI=1S/C17H25Br3Si/c1-21(2,15-10-6-5-7-11-15)13-9-4-3-8-12-16(18)14-17(16,19)20/h5-7,10-11H,3-4,8-9,12-14H2,1-2H3. The monoisotopic (exact) mass is 494 g/mol. The Hall–Kier alpha value is 0.877. The molecule has 0 radical (unpaired) electrons. The summed E-state index contributed by atoms with van der Waals surface area (Å²) < 4.78 is 0.466. The van der Waals surface area contributed by atoms with Gasteiger partial charge in [0.25, 0.3) is 0 Å². The predicted molar refractivity (Wildman–Crippen MR) is 108 cm³/mol. The van der Waals surface area contributed by atoms with Crippen molar-refractivity contribution in [1.82, 2.24) is 0 Å². The van der Waals surface area contributed by atoms with Crippen molar-refractivity contribution in [2.24, 2.45) is 0 Å². The number of alkyl halides is 3. The highest BCUT2D eigenvalue weighted by molar-refractivity contribution is 9.26. The van der Waals surface area contributed by atoms with Gasteiger partial charge in [0.05, 0.1) is 15.6 Å².